The Labute approximate surface area is 123 Å². The van der Waals surface area contributed by atoms with Crippen LogP contribution < -0.4 is 0 Å². The zero-order valence-electron chi connectivity index (χ0n) is 11.1. The molecule has 0 fully saturated rings. The maximum absolute atomic E-state index is 12.2. The molecule has 0 saturated carbocycles. The first-order valence-electron chi connectivity index (χ1n) is 6.13. The van der Waals surface area contributed by atoms with Gasteiger partial charge in [-0.2, -0.15) is 5.26 Å². The summed E-state index contributed by atoms with van der Waals surface area (Å²) in [5, 5.41) is 19.2. The number of benzene rings is 1. The molecule has 0 saturated heterocycles. The number of hydrogen-bond donors (Lipinski definition) is 0. The molecule has 22 heavy (non-hydrogen) atoms. The van der Waals surface area contributed by atoms with Crippen molar-refractivity contribution in [1.29, 1.82) is 5.26 Å². The van der Waals surface area contributed by atoms with Crippen molar-refractivity contribution in [3.8, 4) is 6.07 Å². The number of esters is 1. The van der Waals surface area contributed by atoms with Crippen LogP contribution in [-0.4, -0.2) is 40.8 Å². The standard InChI is InChI=1S/C13H9N3O6/c14-5-7-22-10(17)4-6-15-12(18)8-2-1-3-9(16(20)21)11(8)13(15)19/h1-3H,4,6-7H2. The van der Waals surface area contributed by atoms with Gasteiger partial charge in [0.25, 0.3) is 17.5 Å². The first kappa shape index (κ1) is 15.1. The minimum atomic E-state index is -0.819. The molecule has 1 aliphatic rings. The number of carbonyl (C=O) groups excluding carboxylic acids is 3. The molecule has 0 spiro atoms. The molecule has 2 rings (SSSR count). The van der Waals surface area contributed by atoms with Gasteiger partial charge in [-0.15, -0.1) is 0 Å². The summed E-state index contributed by atoms with van der Waals surface area (Å²) >= 11 is 0. The van der Waals surface area contributed by atoms with Gasteiger partial charge in [-0.1, -0.05) is 6.07 Å². The molecule has 0 unspecified atom stereocenters. The van der Waals surface area contributed by atoms with Crippen LogP contribution in [0.2, 0.25) is 0 Å². The second kappa shape index (κ2) is 6.01. The normalized spacial score (nSPS) is 12.8. The van der Waals surface area contributed by atoms with Gasteiger partial charge < -0.3 is 4.74 Å². The molecule has 0 aliphatic carbocycles. The van der Waals surface area contributed by atoms with E-state index in [4.69, 9.17) is 5.26 Å². The summed E-state index contributed by atoms with van der Waals surface area (Å²) < 4.78 is 4.50. The highest BCUT2D eigenvalue weighted by atomic mass is 16.6. The van der Waals surface area contributed by atoms with Crippen LogP contribution in [0.25, 0.3) is 0 Å². The van der Waals surface area contributed by atoms with Crippen molar-refractivity contribution in [2.24, 2.45) is 0 Å². The molecular weight excluding hydrogens is 294 g/mol. The van der Waals surface area contributed by atoms with E-state index in [1.165, 1.54) is 12.1 Å². The smallest absolute Gasteiger partial charge is 0.308 e. The quantitative estimate of drug-likeness (QED) is 0.337. The van der Waals surface area contributed by atoms with Gasteiger partial charge in [0.15, 0.2) is 6.61 Å². The summed E-state index contributed by atoms with van der Waals surface area (Å²) in [6, 6.07) is 5.37. The molecule has 1 aromatic carbocycles. The lowest BCUT2D eigenvalue weighted by Gasteiger charge is -2.12. The topological polar surface area (TPSA) is 131 Å². The molecule has 112 valence electrons. The highest BCUT2D eigenvalue weighted by Gasteiger charge is 2.40. The van der Waals surface area contributed by atoms with Crippen molar-refractivity contribution in [3.05, 3.63) is 39.4 Å². The van der Waals surface area contributed by atoms with Crippen LogP contribution in [-0.2, 0) is 9.53 Å². The predicted octanol–water partition coefficient (Wildman–Crippen LogP) is 0.648. The molecular formula is C13H9N3O6. The van der Waals surface area contributed by atoms with Gasteiger partial charge >= 0.3 is 5.97 Å². The fourth-order valence-electron chi connectivity index (χ4n) is 2.06. The average Bonchev–Trinajstić information content (AvgIpc) is 2.74. The third-order valence-corrected chi connectivity index (χ3v) is 3.01. The van der Waals surface area contributed by atoms with Gasteiger partial charge in [0, 0.05) is 12.6 Å². The summed E-state index contributed by atoms with van der Waals surface area (Å²) in [4.78, 5) is 46.5. The number of nitro benzene ring substituents is 1. The number of nitrogens with zero attached hydrogens (tertiary/aromatic N) is 3. The number of amides is 2. The van der Waals surface area contributed by atoms with Gasteiger partial charge in [-0.05, 0) is 6.07 Å². The number of fused-ring (bicyclic) bond motifs is 1. The summed E-state index contributed by atoms with van der Waals surface area (Å²) in [6.07, 6.45) is -0.291. The first-order chi connectivity index (χ1) is 10.5. The Morgan fingerprint density at radius 3 is 2.73 bits per heavy atom. The van der Waals surface area contributed by atoms with E-state index in [0.717, 1.165) is 11.0 Å². The lowest BCUT2D eigenvalue weighted by Crippen LogP contribution is -2.32. The number of hydrogen-bond acceptors (Lipinski definition) is 7. The van der Waals surface area contributed by atoms with E-state index >= 15 is 0 Å². The van der Waals surface area contributed by atoms with E-state index in [1.54, 1.807) is 6.07 Å². The molecule has 0 aromatic heterocycles. The van der Waals surface area contributed by atoms with Crippen LogP contribution in [0.4, 0.5) is 5.69 Å². The third-order valence-electron chi connectivity index (χ3n) is 3.01. The number of nitro groups is 1. The predicted molar refractivity (Wildman–Crippen MR) is 69.7 cm³/mol. The monoisotopic (exact) mass is 303 g/mol. The fraction of sp³-hybridized carbons (Fsp3) is 0.231. The molecule has 9 heteroatoms. The van der Waals surface area contributed by atoms with Crippen LogP contribution in [0.5, 0.6) is 0 Å². The number of imide groups is 1. The zero-order chi connectivity index (χ0) is 16.3. The molecule has 2 amide bonds. The van der Waals surface area contributed by atoms with Crippen LogP contribution in [0.3, 0.4) is 0 Å². The van der Waals surface area contributed by atoms with Crippen molar-refractivity contribution in [3.63, 3.8) is 0 Å². The number of ether oxygens (including phenoxy) is 1. The van der Waals surface area contributed by atoms with Crippen LogP contribution >= 0.6 is 0 Å². The molecule has 0 bridgehead atoms. The van der Waals surface area contributed by atoms with Crippen molar-refractivity contribution in [1.82, 2.24) is 4.90 Å². The lowest BCUT2D eigenvalue weighted by atomic mass is 10.1. The lowest BCUT2D eigenvalue weighted by molar-refractivity contribution is -0.385. The first-order valence-corrected chi connectivity index (χ1v) is 6.13. The van der Waals surface area contributed by atoms with E-state index in [0.29, 0.717) is 0 Å². The van der Waals surface area contributed by atoms with E-state index in [-0.39, 0.29) is 24.1 Å². The highest BCUT2D eigenvalue weighted by molar-refractivity contribution is 6.23. The maximum atomic E-state index is 12.2. The molecule has 0 radical (unpaired) electrons. The number of rotatable bonds is 5. The van der Waals surface area contributed by atoms with E-state index in [2.05, 4.69) is 4.74 Å². The minimum Gasteiger partial charge on any atom is -0.450 e. The Kier molecular flexibility index (Phi) is 4.13. The van der Waals surface area contributed by atoms with Crippen molar-refractivity contribution >= 4 is 23.5 Å². The number of nitriles is 1. The van der Waals surface area contributed by atoms with Crippen LogP contribution in [0.15, 0.2) is 18.2 Å². The summed E-state index contributed by atoms with van der Waals surface area (Å²) in [5.41, 5.74) is -0.794. The fourth-order valence-corrected chi connectivity index (χ4v) is 2.06. The number of carbonyl (C=O) groups is 3. The molecule has 1 aliphatic heterocycles. The van der Waals surface area contributed by atoms with Crippen LogP contribution in [0, 0.1) is 21.4 Å². The second-order valence-corrected chi connectivity index (χ2v) is 4.29. The molecule has 0 N–H and O–H groups in total. The van der Waals surface area contributed by atoms with E-state index in [9.17, 15) is 24.5 Å². The Morgan fingerprint density at radius 1 is 1.36 bits per heavy atom. The van der Waals surface area contributed by atoms with Gasteiger partial charge in [-0.25, -0.2) is 0 Å². The second-order valence-electron chi connectivity index (χ2n) is 4.29. The molecule has 1 aromatic rings. The summed E-state index contributed by atoms with van der Waals surface area (Å²) in [5.74, 6) is -2.26. The average molecular weight is 303 g/mol. The van der Waals surface area contributed by atoms with Crippen molar-refractivity contribution < 1.29 is 24.0 Å². The van der Waals surface area contributed by atoms with E-state index in [1.807, 2.05) is 0 Å². The largest absolute Gasteiger partial charge is 0.450 e. The highest BCUT2D eigenvalue weighted by Crippen LogP contribution is 2.30. The molecule has 9 nitrogen and oxygen atoms in total. The van der Waals surface area contributed by atoms with Crippen molar-refractivity contribution in [2.45, 2.75) is 6.42 Å². The van der Waals surface area contributed by atoms with Crippen molar-refractivity contribution in [2.75, 3.05) is 13.2 Å². The van der Waals surface area contributed by atoms with Crippen LogP contribution in [0.1, 0.15) is 27.1 Å². The molecule has 0 atom stereocenters. The summed E-state index contributed by atoms with van der Waals surface area (Å²) in [6.45, 7) is -0.694. The van der Waals surface area contributed by atoms with Gasteiger partial charge in [0.1, 0.15) is 11.6 Å². The van der Waals surface area contributed by atoms with Gasteiger partial charge in [-0.3, -0.25) is 29.4 Å². The Bertz CT molecular complexity index is 721. The third kappa shape index (κ3) is 2.62. The Morgan fingerprint density at radius 2 is 2.09 bits per heavy atom. The van der Waals surface area contributed by atoms with E-state index < -0.39 is 35.0 Å². The van der Waals surface area contributed by atoms with Gasteiger partial charge in [0.05, 0.1) is 16.9 Å². The Hall–Kier alpha value is -3.28. The van der Waals surface area contributed by atoms with Gasteiger partial charge in [0.2, 0.25) is 0 Å². The maximum Gasteiger partial charge on any atom is 0.308 e. The molecule has 1 heterocycles. The minimum absolute atomic E-state index is 0.0652. The SMILES string of the molecule is N#CCOC(=O)CCN1C(=O)c2cccc([N+](=O)[O-])c2C1=O. The summed E-state index contributed by atoms with van der Waals surface area (Å²) in [7, 11) is 0. The Balaban J connectivity index is 2.18. The zero-order valence-corrected chi connectivity index (χ0v) is 11.1.